The van der Waals surface area contributed by atoms with E-state index in [0.717, 1.165) is 33.3 Å². The number of nitrogens with zero attached hydrogens (tertiary/aromatic N) is 1. The molecule has 0 saturated carbocycles. The Morgan fingerprint density at radius 2 is 1.74 bits per heavy atom. The molecule has 0 aliphatic carbocycles. The normalized spacial score (nSPS) is 10.6. The Labute approximate surface area is 111 Å². The molecule has 0 radical (unpaired) electrons. The number of aromatic nitrogens is 1. The highest BCUT2D eigenvalue weighted by atomic mass is 16.5. The fourth-order valence-electron chi connectivity index (χ4n) is 2.25. The predicted molar refractivity (Wildman–Crippen MR) is 78.1 cm³/mol. The van der Waals surface area contributed by atoms with Gasteiger partial charge in [0.15, 0.2) is 0 Å². The number of hydrogen-bond donors (Lipinski definition) is 1. The molecule has 3 aromatic rings. The van der Waals surface area contributed by atoms with E-state index in [0.29, 0.717) is 0 Å². The molecule has 1 aromatic heterocycles. The highest BCUT2D eigenvalue weighted by molar-refractivity contribution is 5.99. The van der Waals surface area contributed by atoms with Gasteiger partial charge in [-0.3, -0.25) is 4.98 Å². The van der Waals surface area contributed by atoms with Crippen LogP contribution in [0.5, 0.6) is 5.75 Å². The van der Waals surface area contributed by atoms with Gasteiger partial charge in [-0.25, -0.2) is 0 Å². The second-order valence-corrected chi connectivity index (χ2v) is 4.36. The Morgan fingerprint density at radius 1 is 0.947 bits per heavy atom. The molecule has 2 aromatic carbocycles. The largest absolute Gasteiger partial charge is 0.496 e. The summed E-state index contributed by atoms with van der Waals surface area (Å²) in [7, 11) is 1.68. The van der Waals surface area contributed by atoms with E-state index < -0.39 is 0 Å². The van der Waals surface area contributed by atoms with Crippen molar-refractivity contribution in [3.8, 4) is 16.9 Å². The van der Waals surface area contributed by atoms with Crippen molar-refractivity contribution >= 4 is 16.5 Å². The van der Waals surface area contributed by atoms with Crippen LogP contribution in [-0.4, -0.2) is 12.1 Å². The lowest BCUT2D eigenvalue weighted by molar-refractivity contribution is 0.420. The first-order chi connectivity index (χ1) is 9.29. The number of ether oxygens (including phenoxy) is 1. The fraction of sp³-hybridized carbons (Fsp3) is 0.0625. The van der Waals surface area contributed by atoms with E-state index >= 15 is 0 Å². The summed E-state index contributed by atoms with van der Waals surface area (Å²) in [5, 5.41) is 2.14. The highest BCUT2D eigenvalue weighted by Gasteiger charge is 2.07. The van der Waals surface area contributed by atoms with Gasteiger partial charge in [-0.15, -0.1) is 0 Å². The molecular formula is C16H14N2O. The maximum atomic E-state index is 5.73. The number of fused-ring (bicyclic) bond motifs is 1. The zero-order valence-corrected chi connectivity index (χ0v) is 10.6. The monoisotopic (exact) mass is 250 g/mol. The average Bonchev–Trinajstić information content (AvgIpc) is 2.47. The Balaban J connectivity index is 2.27. The van der Waals surface area contributed by atoms with E-state index in [4.69, 9.17) is 10.5 Å². The second-order valence-electron chi connectivity index (χ2n) is 4.36. The van der Waals surface area contributed by atoms with Gasteiger partial charge in [0, 0.05) is 28.9 Å². The van der Waals surface area contributed by atoms with E-state index in [2.05, 4.69) is 4.98 Å². The molecule has 19 heavy (non-hydrogen) atoms. The minimum absolute atomic E-state index is 0.764. The van der Waals surface area contributed by atoms with Crippen LogP contribution in [0.1, 0.15) is 0 Å². The Kier molecular flexibility index (Phi) is 2.80. The van der Waals surface area contributed by atoms with Crippen molar-refractivity contribution < 1.29 is 4.74 Å². The van der Waals surface area contributed by atoms with Crippen molar-refractivity contribution in [3.05, 3.63) is 54.9 Å². The number of methoxy groups -OCH3 is 1. The lowest BCUT2D eigenvalue weighted by atomic mass is 9.99. The van der Waals surface area contributed by atoms with Gasteiger partial charge in [0.1, 0.15) is 5.75 Å². The Bertz CT molecular complexity index is 720. The Morgan fingerprint density at radius 3 is 2.47 bits per heavy atom. The molecule has 0 fully saturated rings. The van der Waals surface area contributed by atoms with E-state index in [1.807, 2.05) is 48.7 Å². The van der Waals surface area contributed by atoms with Gasteiger partial charge in [-0.1, -0.05) is 12.1 Å². The lowest BCUT2D eigenvalue weighted by Crippen LogP contribution is -1.89. The van der Waals surface area contributed by atoms with Gasteiger partial charge in [0.25, 0.3) is 0 Å². The standard InChI is InChI=1S/C16H14N2O/c1-19-16-7-6-13(11-2-4-12(17)5-3-11)15-10-18-9-8-14(15)16/h2-10H,17H2,1H3. The summed E-state index contributed by atoms with van der Waals surface area (Å²) in [6.07, 6.45) is 3.64. The molecule has 0 aliphatic rings. The van der Waals surface area contributed by atoms with Gasteiger partial charge in [-0.05, 0) is 41.5 Å². The maximum absolute atomic E-state index is 5.73. The first-order valence-corrected chi connectivity index (χ1v) is 6.06. The summed E-state index contributed by atoms with van der Waals surface area (Å²) in [5.41, 5.74) is 8.74. The summed E-state index contributed by atoms with van der Waals surface area (Å²) in [4.78, 5) is 4.21. The number of nitrogens with two attached hydrogens (primary N) is 1. The smallest absolute Gasteiger partial charge is 0.126 e. The summed E-state index contributed by atoms with van der Waals surface area (Å²) in [6, 6.07) is 13.8. The van der Waals surface area contributed by atoms with Crippen molar-refractivity contribution in [2.45, 2.75) is 0 Å². The van der Waals surface area contributed by atoms with Crippen LogP contribution in [0.2, 0.25) is 0 Å². The topological polar surface area (TPSA) is 48.1 Å². The van der Waals surface area contributed by atoms with Crippen molar-refractivity contribution in [3.63, 3.8) is 0 Å². The van der Waals surface area contributed by atoms with Crippen LogP contribution in [-0.2, 0) is 0 Å². The molecule has 2 N–H and O–H groups in total. The quantitative estimate of drug-likeness (QED) is 0.708. The first kappa shape index (κ1) is 11.5. The van der Waals surface area contributed by atoms with Crippen molar-refractivity contribution in [2.75, 3.05) is 12.8 Å². The molecule has 0 bridgehead atoms. The van der Waals surface area contributed by atoms with E-state index in [-0.39, 0.29) is 0 Å². The molecule has 0 unspecified atom stereocenters. The van der Waals surface area contributed by atoms with Gasteiger partial charge in [-0.2, -0.15) is 0 Å². The molecule has 3 nitrogen and oxygen atoms in total. The van der Waals surface area contributed by atoms with Crippen LogP contribution in [0.4, 0.5) is 5.69 Å². The summed E-state index contributed by atoms with van der Waals surface area (Å²) in [5.74, 6) is 0.858. The third-order valence-electron chi connectivity index (χ3n) is 3.22. The number of benzene rings is 2. The van der Waals surface area contributed by atoms with Gasteiger partial charge >= 0.3 is 0 Å². The fourth-order valence-corrected chi connectivity index (χ4v) is 2.25. The zero-order valence-electron chi connectivity index (χ0n) is 10.6. The van der Waals surface area contributed by atoms with Crippen molar-refractivity contribution in [2.24, 2.45) is 0 Å². The van der Waals surface area contributed by atoms with Gasteiger partial charge < -0.3 is 10.5 Å². The average molecular weight is 250 g/mol. The number of nitrogen functional groups attached to an aromatic ring is 1. The van der Waals surface area contributed by atoms with Crippen LogP contribution in [0.3, 0.4) is 0 Å². The molecule has 0 saturated heterocycles. The zero-order chi connectivity index (χ0) is 13.2. The minimum Gasteiger partial charge on any atom is -0.496 e. The molecule has 0 spiro atoms. The molecule has 3 rings (SSSR count). The van der Waals surface area contributed by atoms with E-state index in [1.165, 1.54) is 0 Å². The van der Waals surface area contributed by atoms with Crippen LogP contribution >= 0.6 is 0 Å². The third-order valence-corrected chi connectivity index (χ3v) is 3.22. The molecule has 3 heteroatoms. The number of pyridine rings is 1. The molecular weight excluding hydrogens is 236 g/mol. The summed E-state index contributed by atoms with van der Waals surface area (Å²) < 4.78 is 5.39. The molecule has 0 atom stereocenters. The van der Waals surface area contributed by atoms with E-state index in [1.54, 1.807) is 13.3 Å². The number of rotatable bonds is 2. The molecule has 94 valence electrons. The Hall–Kier alpha value is -2.55. The summed E-state index contributed by atoms with van der Waals surface area (Å²) in [6.45, 7) is 0. The maximum Gasteiger partial charge on any atom is 0.126 e. The second kappa shape index (κ2) is 4.61. The third kappa shape index (κ3) is 1.99. The highest BCUT2D eigenvalue weighted by Crippen LogP contribution is 2.33. The minimum atomic E-state index is 0.764. The van der Waals surface area contributed by atoms with E-state index in [9.17, 15) is 0 Å². The molecule has 1 heterocycles. The number of hydrogen-bond acceptors (Lipinski definition) is 3. The van der Waals surface area contributed by atoms with Crippen LogP contribution in [0.15, 0.2) is 54.9 Å². The number of anilines is 1. The summed E-state index contributed by atoms with van der Waals surface area (Å²) >= 11 is 0. The first-order valence-electron chi connectivity index (χ1n) is 6.06. The lowest BCUT2D eigenvalue weighted by Gasteiger charge is -2.10. The van der Waals surface area contributed by atoms with Crippen molar-refractivity contribution in [1.29, 1.82) is 0 Å². The predicted octanol–water partition coefficient (Wildman–Crippen LogP) is 3.49. The van der Waals surface area contributed by atoms with Crippen LogP contribution < -0.4 is 10.5 Å². The van der Waals surface area contributed by atoms with Gasteiger partial charge in [0.2, 0.25) is 0 Å². The molecule has 0 amide bonds. The SMILES string of the molecule is COc1ccc(-c2ccc(N)cc2)c2cnccc12. The molecule has 0 aliphatic heterocycles. The van der Waals surface area contributed by atoms with Crippen LogP contribution in [0.25, 0.3) is 21.9 Å². The van der Waals surface area contributed by atoms with Gasteiger partial charge in [0.05, 0.1) is 7.11 Å². The van der Waals surface area contributed by atoms with Crippen LogP contribution in [0, 0.1) is 0 Å². The van der Waals surface area contributed by atoms with Crippen molar-refractivity contribution in [1.82, 2.24) is 4.98 Å².